The molecule has 7 heteroatoms. The number of carbonyl (C=O) groups excluding carboxylic acids is 1. The van der Waals surface area contributed by atoms with Gasteiger partial charge in [-0.3, -0.25) is 4.79 Å². The molecule has 0 radical (unpaired) electrons. The molecule has 1 amide bonds. The summed E-state index contributed by atoms with van der Waals surface area (Å²) in [5, 5.41) is 12.8. The fraction of sp³-hybridized carbons (Fsp3) is 0.520. The van der Waals surface area contributed by atoms with Gasteiger partial charge >= 0.3 is 0 Å². The Hall–Kier alpha value is -2.96. The molecule has 0 aliphatic carbocycles. The van der Waals surface area contributed by atoms with Gasteiger partial charge in [0.2, 0.25) is 5.89 Å². The first-order valence-corrected chi connectivity index (χ1v) is 11.6. The third kappa shape index (κ3) is 4.92. The summed E-state index contributed by atoms with van der Waals surface area (Å²) >= 11 is 0. The molecule has 0 saturated carbocycles. The van der Waals surface area contributed by atoms with E-state index in [1.54, 1.807) is 6.92 Å². The molecule has 4 rings (SSSR count). The van der Waals surface area contributed by atoms with E-state index in [9.17, 15) is 4.79 Å². The van der Waals surface area contributed by atoms with Crippen LogP contribution in [0.15, 0.2) is 34.7 Å². The Balaban J connectivity index is 1.66. The Morgan fingerprint density at radius 2 is 1.91 bits per heavy atom. The highest BCUT2D eigenvalue weighted by Gasteiger charge is 2.26. The number of hydrogen-bond acceptors (Lipinski definition) is 5. The molecule has 1 aliphatic rings. The predicted molar refractivity (Wildman–Crippen MR) is 124 cm³/mol. The number of carbonyl (C=O) groups is 1. The van der Waals surface area contributed by atoms with Crippen LogP contribution < -0.4 is 0 Å². The second kappa shape index (κ2) is 9.27. The zero-order valence-electron chi connectivity index (χ0n) is 19.7. The van der Waals surface area contributed by atoms with E-state index in [0.29, 0.717) is 40.8 Å². The van der Waals surface area contributed by atoms with Crippen molar-refractivity contribution in [2.45, 2.75) is 53.9 Å². The van der Waals surface area contributed by atoms with E-state index in [1.165, 1.54) is 6.42 Å². The van der Waals surface area contributed by atoms with E-state index in [4.69, 9.17) is 9.52 Å². The summed E-state index contributed by atoms with van der Waals surface area (Å²) < 4.78 is 7.51. The minimum absolute atomic E-state index is 0.0916. The van der Waals surface area contributed by atoms with E-state index in [-0.39, 0.29) is 5.91 Å². The highest BCUT2D eigenvalue weighted by atomic mass is 16.4. The van der Waals surface area contributed by atoms with E-state index >= 15 is 0 Å². The van der Waals surface area contributed by atoms with Gasteiger partial charge < -0.3 is 9.32 Å². The Morgan fingerprint density at radius 3 is 2.56 bits per heavy atom. The third-order valence-corrected chi connectivity index (χ3v) is 6.00. The van der Waals surface area contributed by atoms with Gasteiger partial charge in [0.1, 0.15) is 5.69 Å². The minimum Gasteiger partial charge on any atom is -0.420 e. The van der Waals surface area contributed by atoms with E-state index in [2.05, 4.69) is 37.9 Å². The summed E-state index contributed by atoms with van der Waals surface area (Å²) in [7, 11) is 0. The van der Waals surface area contributed by atoms with Crippen molar-refractivity contribution in [3.05, 3.63) is 47.5 Å². The standard InChI is InChI=1S/C25H33N5O2/c1-16(2)9-10-22-13-23(24-27-26-19(5)32-24)28-30(22)21-8-6-7-20(12-21)25(31)29-14-17(3)11-18(4)15-29/h6-8,12-13,16-18H,9-11,14-15H2,1-5H3/t17-,18+. The van der Waals surface area contributed by atoms with Crippen LogP contribution in [0.1, 0.15) is 62.5 Å². The molecule has 0 bridgehead atoms. The molecule has 2 aromatic heterocycles. The molecule has 1 aliphatic heterocycles. The average molecular weight is 436 g/mol. The minimum atomic E-state index is 0.0916. The van der Waals surface area contributed by atoms with Crippen LogP contribution in [0.25, 0.3) is 17.3 Å². The molecule has 1 saturated heterocycles. The van der Waals surface area contributed by atoms with Gasteiger partial charge in [-0.2, -0.15) is 5.10 Å². The van der Waals surface area contributed by atoms with Gasteiger partial charge in [-0.1, -0.05) is 33.8 Å². The van der Waals surface area contributed by atoms with Crippen molar-refractivity contribution in [1.82, 2.24) is 24.9 Å². The van der Waals surface area contributed by atoms with Crippen LogP contribution >= 0.6 is 0 Å². The predicted octanol–water partition coefficient (Wildman–Crippen LogP) is 4.94. The summed E-state index contributed by atoms with van der Waals surface area (Å²) in [6, 6.07) is 9.78. The van der Waals surface area contributed by atoms with Crippen molar-refractivity contribution in [3.8, 4) is 17.3 Å². The number of nitrogens with zero attached hydrogens (tertiary/aromatic N) is 5. The van der Waals surface area contributed by atoms with Crippen LogP contribution in [0.5, 0.6) is 0 Å². The number of aromatic nitrogens is 4. The van der Waals surface area contributed by atoms with E-state index in [1.807, 2.05) is 39.9 Å². The fourth-order valence-electron chi connectivity index (χ4n) is 4.54. The number of hydrogen-bond donors (Lipinski definition) is 0. The summed E-state index contributed by atoms with van der Waals surface area (Å²) in [4.78, 5) is 15.3. The van der Waals surface area contributed by atoms with Crippen molar-refractivity contribution in [2.75, 3.05) is 13.1 Å². The molecule has 0 spiro atoms. The maximum absolute atomic E-state index is 13.3. The topological polar surface area (TPSA) is 77.1 Å². The Morgan fingerprint density at radius 1 is 1.16 bits per heavy atom. The number of aryl methyl sites for hydroxylation is 2. The zero-order chi connectivity index (χ0) is 22.8. The van der Waals surface area contributed by atoms with Gasteiger partial charge in [-0.15, -0.1) is 10.2 Å². The Labute approximate surface area is 189 Å². The molecular formula is C25H33N5O2. The molecule has 32 heavy (non-hydrogen) atoms. The van der Waals surface area contributed by atoms with Crippen LogP contribution in [0.2, 0.25) is 0 Å². The quantitative estimate of drug-likeness (QED) is 0.548. The van der Waals surface area contributed by atoms with Crippen molar-refractivity contribution in [2.24, 2.45) is 17.8 Å². The average Bonchev–Trinajstić information content (AvgIpc) is 3.37. The van der Waals surface area contributed by atoms with E-state index in [0.717, 1.165) is 37.3 Å². The first-order valence-electron chi connectivity index (χ1n) is 11.6. The first-order chi connectivity index (χ1) is 15.3. The van der Waals surface area contributed by atoms with E-state index < -0.39 is 0 Å². The van der Waals surface area contributed by atoms with Gasteiger partial charge in [0.05, 0.1) is 5.69 Å². The lowest BCUT2D eigenvalue weighted by atomic mass is 9.91. The van der Waals surface area contributed by atoms with Crippen molar-refractivity contribution in [1.29, 1.82) is 0 Å². The van der Waals surface area contributed by atoms with Gasteiger partial charge in [-0.05, 0) is 61.3 Å². The fourth-order valence-corrected chi connectivity index (χ4v) is 4.54. The molecular weight excluding hydrogens is 402 g/mol. The number of benzene rings is 1. The van der Waals surface area contributed by atoms with Crippen LogP contribution in [-0.2, 0) is 6.42 Å². The number of amides is 1. The third-order valence-electron chi connectivity index (χ3n) is 6.00. The second-order valence-corrected chi connectivity index (χ2v) is 9.70. The number of likely N-dealkylation sites (tertiary alicyclic amines) is 1. The molecule has 0 unspecified atom stereocenters. The summed E-state index contributed by atoms with van der Waals surface area (Å²) in [5.74, 6) is 2.64. The highest BCUT2D eigenvalue weighted by molar-refractivity contribution is 5.94. The lowest BCUT2D eigenvalue weighted by Crippen LogP contribution is -2.42. The number of rotatable bonds is 6. The molecule has 3 aromatic rings. The normalized spacial score (nSPS) is 19.0. The summed E-state index contributed by atoms with van der Waals surface area (Å²) in [5.41, 5.74) is 3.29. The Kier molecular flexibility index (Phi) is 6.44. The lowest BCUT2D eigenvalue weighted by Gasteiger charge is -2.35. The Bertz CT molecular complexity index is 1070. The SMILES string of the molecule is Cc1nnc(-c2cc(CCC(C)C)n(-c3cccc(C(=O)N4C[C@H](C)C[C@H](C)C4)c3)n2)o1. The molecule has 7 nitrogen and oxygen atoms in total. The van der Waals surface area contributed by atoms with Gasteiger partial charge in [-0.25, -0.2) is 4.68 Å². The van der Waals surface area contributed by atoms with Gasteiger partial charge in [0.15, 0.2) is 0 Å². The first kappa shape index (κ1) is 22.2. The van der Waals surface area contributed by atoms with Crippen LogP contribution in [0.4, 0.5) is 0 Å². The maximum Gasteiger partial charge on any atom is 0.268 e. The lowest BCUT2D eigenvalue weighted by molar-refractivity contribution is 0.0623. The zero-order valence-corrected chi connectivity index (χ0v) is 19.7. The summed E-state index contributed by atoms with van der Waals surface area (Å²) in [6.45, 7) is 12.3. The van der Waals surface area contributed by atoms with Crippen LogP contribution in [0, 0.1) is 24.7 Å². The largest absolute Gasteiger partial charge is 0.420 e. The molecule has 1 fully saturated rings. The second-order valence-electron chi connectivity index (χ2n) is 9.70. The molecule has 0 N–H and O–H groups in total. The van der Waals surface area contributed by atoms with Crippen molar-refractivity contribution >= 4 is 5.91 Å². The number of piperidine rings is 1. The smallest absolute Gasteiger partial charge is 0.268 e. The van der Waals surface area contributed by atoms with Crippen LogP contribution in [-0.4, -0.2) is 43.9 Å². The van der Waals surface area contributed by atoms with Gasteiger partial charge in [0.25, 0.3) is 11.8 Å². The molecule has 170 valence electrons. The summed E-state index contributed by atoms with van der Waals surface area (Å²) in [6.07, 6.45) is 3.08. The van der Waals surface area contributed by atoms with Crippen LogP contribution in [0.3, 0.4) is 0 Å². The molecule has 3 heterocycles. The molecule has 2 atom stereocenters. The molecule has 1 aromatic carbocycles. The van der Waals surface area contributed by atoms with Crippen molar-refractivity contribution in [3.63, 3.8) is 0 Å². The van der Waals surface area contributed by atoms with Gasteiger partial charge in [0, 0.05) is 31.3 Å². The maximum atomic E-state index is 13.3. The monoisotopic (exact) mass is 435 g/mol. The highest BCUT2D eigenvalue weighted by Crippen LogP contribution is 2.25. The van der Waals surface area contributed by atoms with Crippen molar-refractivity contribution < 1.29 is 9.21 Å².